The molecule has 3 rings (SSSR count). The zero-order valence-corrected chi connectivity index (χ0v) is 11.6. The van der Waals surface area contributed by atoms with E-state index in [0.29, 0.717) is 17.9 Å². The number of fused-ring (bicyclic) bond motifs is 1. The van der Waals surface area contributed by atoms with E-state index in [4.69, 9.17) is 0 Å². The molecule has 102 valence electrons. The number of hydrogen-bond donors (Lipinski definition) is 0. The van der Waals surface area contributed by atoms with E-state index < -0.39 is 0 Å². The van der Waals surface area contributed by atoms with E-state index in [1.807, 2.05) is 4.90 Å². The third kappa shape index (κ3) is 2.37. The first-order valence-corrected chi connectivity index (χ1v) is 7.08. The molecule has 2 fully saturated rings. The molecule has 1 aromatic rings. The number of amides is 1. The summed E-state index contributed by atoms with van der Waals surface area (Å²) < 4.78 is 0. The average molecular weight is 259 g/mol. The smallest absolute Gasteiger partial charge is 0.254 e. The Hall–Kier alpha value is -1.42. The van der Waals surface area contributed by atoms with Crippen LogP contribution >= 0.6 is 0 Å². The third-order valence-electron chi connectivity index (χ3n) is 4.16. The van der Waals surface area contributed by atoms with Gasteiger partial charge in [-0.1, -0.05) is 13.8 Å². The molecule has 0 aliphatic carbocycles. The van der Waals surface area contributed by atoms with Gasteiger partial charge < -0.3 is 4.90 Å². The molecule has 0 bridgehead atoms. The summed E-state index contributed by atoms with van der Waals surface area (Å²) in [5, 5.41) is 0. The van der Waals surface area contributed by atoms with Gasteiger partial charge in [-0.25, -0.2) is 0 Å². The molecule has 0 unspecified atom stereocenters. The van der Waals surface area contributed by atoms with Crippen molar-refractivity contribution < 1.29 is 4.79 Å². The summed E-state index contributed by atoms with van der Waals surface area (Å²) in [4.78, 5) is 20.9. The van der Waals surface area contributed by atoms with Crippen molar-refractivity contribution in [2.24, 2.45) is 11.8 Å². The molecule has 2 saturated heterocycles. The summed E-state index contributed by atoms with van der Waals surface area (Å²) in [6.07, 6.45) is 3.37. The molecule has 1 aromatic heterocycles. The minimum atomic E-state index is 0.154. The molecular weight excluding hydrogens is 238 g/mol. The van der Waals surface area contributed by atoms with Crippen molar-refractivity contribution in [1.29, 1.82) is 0 Å². The summed E-state index contributed by atoms with van der Waals surface area (Å²) in [6, 6.07) is 4.19. The molecule has 0 radical (unpaired) electrons. The molecule has 0 spiro atoms. The first kappa shape index (κ1) is 12.6. The van der Waals surface area contributed by atoms with E-state index in [9.17, 15) is 4.79 Å². The van der Waals surface area contributed by atoms with Gasteiger partial charge in [-0.2, -0.15) is 0 Å². The second-order valence-corrected chi connectivity index (χ2v) is 6.12. The van der Waals surface area contributed by atoms with E-state index in [1.165, 1.54) is 0 Å². The van der Waals surface area contributed by atoms with Gasteiger partial charge in [0.25, 0.3) is 5.91 Å². The minimum Gasteiger partial charge on any atom is -0.337 e. The van der Waals surface area contributed by atoms with E-state index in [0.717, 1.165) is 31.7 Å². The Balaban J connectivity index is 1.62. The van der Waals surface area contributed by atoms with Gasteiger partial charge in [-0.15, -0.1) is 0 Å². The van der Waals surface area contributed by atoms with Crippen LogP contribution in [-0.4, -0.2) is 52.9 Å². The van der Waals surface area contributed by atoms with Crippen molar-refractivity contribution in [2.75, 3.05) is 26.2 Å². The van der Waals surface area contributed by atoms with Crippen LogP contribution < -0.4 is 0 Å². The molecule has 0 saturated carbocycles. The van der Waals surface area contributed by atoms with Crippen LogP contribution in [0.2, 0.25) is 0 Å². The number of pyridine rings is 1. The SMILES string of the molecule is CC(C)CN1C[C@@H]2CN(C(=O)c3ccncc3)C[C@@H]21. The predicted octanol–water partition coefficient (Wildman–Crippen LogP) is 1.49. The Morgan fingerprint density at radius 2 is 2.05 bits per heavy atom. The van der Waals surface area contributed by atoms with Crippen LogP contribution in [0.1, 0.15) is 24.2 Å². The summed E-state index contributed by atoms with van der Waals surface area (Å²) in [7, 11) is 0. The highest BCUT2D eigenvalue weighted by Crippen LogP contribution is 2.33. The van der Waals surface area contributed by atoms with Crippen molar-refractivity contribution in [3.63, 3.8) is 0 Å². The fourth-order valence-corrected chi connectivity index (χ4v) is 3.27. The number of nitrogens with zero attached hydrogens (tertiary/aromatic N) is 3. The van der Waals surface area contributed by atoms with Gasteiger partial charge in [0.2, 0.25) is 0 Å². The lowest BCUT2D eigenvalue weighted by Crippen LogP contribution is -2.56. The zero-order valence-electron chi connectivity index (χ0n) is 11.6. The molecule has 2 aliphatic rings. The summed E-state index contributed by atoms with van der Waals surface area (Å²) in [5.41, 5.74) is 0.756. The van der Waals surface area contributed by atoms with Crippen molar-refractivity contribution in [3.05, 3.63) is 30.1 Å². The Morgan fingerprint density at radius 3 is 2.74 bits per heavy atom. The quantitative estimate of drug-likeness (QED) is 0.825. The Kier molecular flexibility index (Phi) is 3.27. The highest BCUT2D eigenvalue weighted by atomic mass is 16.2. The molecule has 2 atom stereocenters. The fraction of sp³-hybridized carbons (Fsp3) is 0.600. The van der Waals surface area contributed by atoms with Crippen molar-refractivity contribution in [3.8, 4) is 0 Å². The maximum absolute atomic E-state index is 12.4. The number of rotatable bonds is 3. The molecule has 1 amide bonds. The second kappa shape index (κ2) is 4.93. The third-order valence-corrected chi connectivity index (χ3v) is 4.16. The van der Waals surface area contributed by atoms with Crippen LogP contribution in [0.5, 0.6) is 0 Å². The van der Waals surface area contributed by atoms with Crippen LogP contribution in [0.3, 0.4) is 0 Å². The van der Waals surface area contributed by atoms with E-state index in [-0.39, 0.29) is 5.91 Å². The Labute approximate surface area is 114 Å². The highest BCUT2D eigenvalue weighted by molar-refractivity contribution is 5.94. The molecular formula is C15H21N3O. The summed E-state index contributed by atoms with van der Waals surface area (Å²) >= 11 is 0. The van der Waals surface area contributed by atoms with Gasteiger partial charge in [0, 0.05) is 56.1 Å². The van der Waals surface area contributed by atoms with Gasteiger partial charge in [-0.3, -0.25) is 14.7 Å². The number of likely N-dealkylation sites (tertiary alicyclic amines) is 2. The van der Waals surface area contributed by atoms with E-state index in [2.05, 4.69) is 23.7 Å². The first-order chi connectivity index (χ1) is 9.15. The molecule has 2 aliphatic heterocycles. The van der Waals surface area contributed by atoms with Crippen LogP contribution in [0.4, 0.5) is 0 Å². The van der Waals surface area contributed by atoms with E-state index >= 15 is 0 Å². The van der Waals surface area contributed by atoms with Crippen molar-refractivity contribution in [1.82, 2.24) is 14.8 Å². The summed E-state index contributed by atoms with van der Waals surface area (Å²) in [6.45, 7) is 8.62. The normalized spacial score (nSPS) is 26.4. The van der Waals surface area contributed by atoms with Gasteiger partial charge in [0.05, 0.1) is 0 Å². The molecule has 0 N–H and O–H groups in total. The van der Waals surface area contributed by atoms with Gasteiger partial charge in [0.1, 0.15) is 0 Å². The Bertz CT molecular complexity index is 460. The minimum absolute atomic E-state index is 0.154. The lowest BCUT2D eigenvalue weighted by atomic mass is 9.91. The Morgan fingerprint density at radius 1 is 1.32 bits per heavy atom. The molecule has 4 nitrogen and oxygen atoms in total. The average Bonchev–Trinajstić information content (AvgIpc) is 2.74. The van der Waals surface area contributed by atoms with Gasteiger partial charge in [0.15, 0.2) is 0 Å². The van der Waals surface area contributed by atoms with Crippen LogP contribution in [-0.2, 0) is 0 Å². The highest BCUT2D eigenvalue weighted by Gasteiger charge is 2.46. The van der Waals surface area contributed by atoms with Crippen LogP contribution in [0, 0.1) is 11.8 Å². The maximum Gasteiger partial charge on any atom is 0.254 e. The van der Waals surface area contributed by atoms with E-state index in [1.54, 1.807) is 24.5 Å². The number of carbonyl (C=O) groups is 1. The lowest BCUT2D eigenvalue weighted by Gasteiger charge is -2.44. The summed E-state index contributed by atoms with van der Waals surface area (Å²) in [5.74, 6) is 1.54. The topological polar surface area (TPSA) is 36.4 Å². The van der Waals surface area contributed by atoms with Crippen molar-refractivity contribution in [2.45, 2.75) is 19.9 Å². The molecule has 19 heavy (non-hydrogen) atoms. The largest absolute Gasteiger partial charge is 0.337 e. The number of hydrogen-bond acceptors (Lipinski definition) is 3. The van der Waals surface area contributed by atoms with Gasteiger partial charge in [-0.05, 0) is 18.1 Å². The standard InChI is InChI=1S/C15H21N3O/c1-11(2)7-17-8-13-9-18(10-14(13)17)15(19)12-3-5-16-6-4-12/h3-6,11,13-14H,7-10H2,1-2H3/t13-,14+/m1/s1. The maximum atomic E-state index is 12.4. The van der Waals surface area contributed by atoms with Crippen molar-refractivity contribution >= 4 is 5.91 Å². The predicted molar refractivity (Wildman–Crippen MR) is 73.8 cm³/mol. The molecule has 3 heterocycles. The molecule has 0 aromatic carbocycles. The first-order valence-electron chi connectivity index (χ1n) is 7.08. The second-order valence-electron chi connectivity index (χ2n) is 6.12. The monoisotopic (exact) mass is 259 g/mol. The van der Waals surface area contributed by atoms with Crippen LogP contribution in [0.15, 0.2) is 24.5 Å². The van der Waals surface area contributed by atoms with Gasteiger partial charge >= 0.3 is 0 Å². The zero-order chi connectivity index (χ0) is 13.4. The van der Waals surface area contributed by atoms with Crippen LogP contribution in [0.25, 0.3) is 0 Å². The molecule has 4 heteroatoms. The fourth-order valence-electron chi connectivity index (χ4n) is 3.27. The lowest BCUT2D eigenvalue weighted by molar-refractivity contribution is 0.0402. The number of aromatic nitrogens is 1. The number of carbonyl (C=O) groups excluding carboxylic acids is 1.